The van der Waals surface area contributed by atoms with Crippen molar-refractivity contribution in [2.75, 3.05) is 13.6 Å². The van der Waals surface area contributed by atoms with Crippen molar-refractivity contribution in [1.29, 1.82) is 0 Å². The fourth-order valence-electron chi connectivity index (χ4n) is 1.22. The molecule has 1 N–H and O–H groups in total. The van der Waals surface area contributed by atoms with Gasteiger partial charge in [0.2, 0.25) is 0 Å². The maximum atomic E-state index is 4.60. The molecule has 0 aliphatic rings. The number of hydrogen-bond acceptors (Lipinski definition) is 4. The van der Waals surface area contributed by atoms with Gasteiger partial charge in [-0.1, -0.05) is 0 Å². The average molecular weight is 303 g/mol. The van der Waals surface area contributed by atoms with Gasteiger partial charge < -0.3 is 5.32 Å². The van der Waals surface area contributed by atoms with E-state index in [1.54, 1.807) is 22.7 Å². The van der Waals surface area contributed by atoms with E-state index in [1.165, 1.54) is 10.6 Å². The van der Waals surface area contributed by atoms with Crippen LogP contribution in [0, 0.1) is 0 Å². The van der Waals surface area contributed by atoms with E-state index in [1.807, 2.05) is 7.05 Å². The molecule has 2 nitrogen and oxygen atoms in total. The Bertz CT molecular complexity index is 436. The summed E-state index contributed by atoms with van der Waals surface area (Å²) in [5, 5.41) is 6.39. The van der Waals surface area contributed by atoms with Gasteiger partial charge in [-0.15, -0.1) is 22.7 Å². The monoisotopic (exact) mass is 302 g/mol. The highest BCUT2D eigenvalue weighted by molar-refractivity contribution is 9.11. The lowest BCUT2D eigenvalue weighted by molar-refractivity contribution is 0.781. The molecule has 0 saturated carbocycles. The molecule has 0 aliphatic carbocycles. The first-order valence-electron chi connectivity index (χ1n) is 4.64. The SMILES string of the molecule is CNCCc1csc(-c2ccc(Br)s2)n1. The minimum Gasteiger partial charge on any atom is -0.319 e. The van der Waals surface area contributed by atoms with Crippen LogP contribution in [0.4, 0.5) is 0 Å². The van der Waals surface area contributed by atoms with Gasteiger partial charge in [0.05, 0.1) is 14.4 Å². The summed E-state index contributed by atoms with van der Waals surface area (Å²) in [6.07, 6.45) is 1.000. The van der Waals surface area contributed by atoms with Crippen LogP contribution in [0.2, 0.25) is 0 Å². The van der Waals surface area contributed by atoms with Crippen LogP contribution in [0.1, 0.15) is 5.69 Å². The van der Waals surface area contributed by atoms with E-state index in [0.29, 0.717) is 0 Å². The van der Waals surface area contributed by atoms with Gasteiger partial charge in [0.25, 0.3) is 0 Å². The highest BCUT2D eigenvalue weighted by atomic mass is 79.9. The van der Waals surface area contributed by atoms with Crippen LogP contribution in [-0.2, 0) is 6.42 Å². The molecule has 0 fully saturated rings. The molecule has 2 aromatic heterocycles. The van der Waals surface area contributed by atoms with Crippen LogP contribution in [0.15, 0.2) is 21.3 Å². The van der Waals surface area contributed by atoms with E-state index in [9.17, 15) is 0 Å². The molecule has 0 radical (unpaired) electrons. The lowest BCUT2D eigenvalue weighted by Gasteiger charge is -1.93. The summed E-state index contributed by atoms with van der Waals surface area (Å²) >= 11 is 6.91. The first-order chi connectivity index (χ1) is 7.29. The van der Waals surface area contributed by atoms with E-state index < -0.39 is 0 Å². The molecular weight excluding hydrogens is 292 g/mol. The second-order valence-electron chi connectivity index (χ2n) is 3.10. The molecule has 0 aromatic carbocycles. The number of likely N-dealkylation sites (N-methyl/N-ethyl adjacent to an activating group) is 1. The van der Waals surface area contributed by atoms with Gasteiger partial charge in [-0.2, -0.15) is 0 Å². The van der Waals surface area contributed by atoms with Gasteiger partial charge in [0.1, 0.15) is 5.01 Å². The Labute approximate surface area is 106 Å². The van der Waals surface area contributed by atoms with Crippen LogP contribution < -0.4 is 5.32 Å². The quantitative estimate of drug-likeness (QED) is 0.936. The number of nitrogens with one attached hydrogen (secondary N) is 1. The minimum atomic E-state index is 0.983. The number of halogens is 1. The predicted molar refractivity (Wildman–Crippen MR) is 70.8 cm³/mol. The van der Waals surface area contributed by atoms with Crippen molar-refractivity contribution in [2.45, 2.75) is 6.42 Å². The Kier molecular flexibility index (Phi) is 3.91. The maximum Gasteiger partial charge on any atom is 0.133 e. The van der Waals surface area contributed by atoms with E-state index in [0.717, 1.165) is 21.8 Å². The molecule has 0 unspecified atom stereocenters. The number of thiazole rings is 1. The zero-order valence-corrected chi connectivity index (χ0v) is 11.5. The van der Waals surface area contributed by atoms with Crippen molar-refractivity contribution < 1.29 is 0 Å². The summed E-state index contributed by atoms with van der Waals surface area (Å²) in [4.78, 5) is 5.84. The summed E-state index contributed by atoms with van der Waals surface area (Å²) in [7, 11) is 1.96. The second kappa shape index (κ2) is 5.21. The van der Waals surface area contributed by atoms with Crippen molar-refractivity contribution in [1.82, 2.24) is 10.3 Å². The lowest BCUT2D eigenvalue weighted by Crippen LogP contribution is -2.10. The van der Waals surface area contributed by atoms with Crippen molar-refractivity contribution in [2.24, 2.45) is 0 Å². The zero-order valence-electron chi connectivity index (χ0n) is 8.29. The molecule has 0 atom stereocenters. The summed E-state index contributed by atoms with van der Waals surface area (Å²) in [6, 6.07) is 4.17. The zero-order chi connectivity index (χ0) is 10.7. The number of hydrogen-bond donors (Lipinski definition) is 1. The average Bonchev–Trinajstić information content (AvgIpc) is 2.83. The summed E-state index contributed by atoms with van der Waals surface area (Å²) < 4.78 is 1.16. The molecule has 5 heteroatoms. The third-order valence-corrected chi connectivity index (χ3v) is 4.65. The third-order valence-electron chi connectivity index (χ3n) is 1.97. The normalized spacial score (nSPS) is 10.8. The summed E-state index contributed by atoms with van der Waals surface area (Å²) in [5.41, 5.74) is 1.17. The number of nitrogens with zero attached hydrogens (tertiary/aromatic N) is 1. The van der Waals surface area contributed by atoms with E-state index in [4.69, 9.17) is 0 Å². The molecule has 2 aromatic rings. The van der Waals surface area contributed by atoms with E-state index >= 15 is 0 Å². The first kappa shape index (κ1) is 11.3. The Morgan fingerprint density at radius 1 is 1.47 bits per heavy atom. The van der Waals surface area contributed by atoms with Gasteiger partial charge in [-0.05, 0) is 35.1 Å². The molecule has 0 aliphatic heterocycles. The molecule has 15 heavy (non-hydrogen) atoms. The largest absolute Gasteiger partial charge is 0.319 e. The predicted octanol–water partition coefficient (Wildman–Crippen LogP) is 3.40. The van der Waals surface area contributed by atoms with Gasteiger partial charge >= 0.3 is 0 Å². The molecule has 0 bridgehead atoms. The van der Waals surface area contributed by atoms with Crippen LogP contribution >= 0.6 is 38.6 Å². The van der Waals surface area contributed by atoms with Gasteiger partial charge in [-0.3, -0.25) is 0 Å². The second-order valence-corrected chi connectivity index (χ2v) is 6.42. The molecule has 0 spiro atoms. The summed E-state index contributed by atoms with van der Waals surface area (Å²) in [5.74, 6) is 0. The van der Waals surface area contributed by atoms with Crippen LogP contribution in [0.25, 0.3) is 9.88 Å². The lowest BCUT2D eigenvalue weighted by atomic mass is 10.3. The molecule has 80 valence electrons. The Hall–Kier alpha value is -0.230. The minimum absolute atomic E-state index is 0.983. The Balaban J connectivity index is 2.13. The fraction of sp³-hybridized carbons (Fsp3) is 0.300. The third kappa shape index (κ3) is 2.87. The molecule has 0 amide bonds. The van der Waals surface area contributed by atoms with E-state index in [2.05, 4.69) is 43.7 Å². The number of rotatable bonds is 4. The van der Waals surface area contributed by atoms with Crippen molar-refractivity contribution in [3.05, 3.63) is 27.0 Å². The first-order valence-corrected chi connectivity index (χ1v) is 7.13. The number of thiophene rings is 1. The van der Waals surface area contributed by atoms with Gasteiger partial charge in [0.15, 0.2) is 0 Å². The van der Waals surface area contributed by atoms with Crippen LogP contribution in [0.3, 0.4) is 0 Å². The maximum absolute atomic E-state index is 4.60. The Morgan fingerprint density at radius 2 is 2.33 bits per heavy atom. The van der Waals surface area contributed by atoms with Crippen molar-refractivity contribution in [3.8, 4) is 9.88 Å². The molecule has 0 saturated heterocycles. The van der Waals surface area contributed by atoms with Crippen LogP contribution in [-0.4, -0.2) is 18.6 Å². The van der Waals surface area contributed by atoms with Crippen LogP contribution in [0.5, 0.6) is 0 Å². The molecule has 2 rings (SSSR count). The van der Waals surface area contributed by atoms with Gasteiger partial charge in [0, 0.05) is 18.3 Å². The molecule has 2 heterocycles. The fourth-order valence-corrected chi connectivity index (χ4v) is 3.53. The Morgan fingerprint density at radius 3 is 3.00 bits per heavy atom. The topological polar surface area (TPSA) is 24.9 Å². The smallest absolute Gasteiger partial charge is 0.133 e. The standard InChI is InChI=1S/C10H11BrN2S2/c1-12-5-4-7-6-14-10(13-7)8-2-3-9(11)15-8/h2-3,6,12H,4-5H2,1H3. The summed E-state index contributed by atoms with van der Waals surface area (Å²) in [6.45, 7) is 0.983. The highest BCUT2D eigenvalue weighted by Gasteiger charge is 2.06. The van der Waals surface area contributed by atoms with Crippen molar-refractivity contribution in [3.63, 3.8) is 0 Å². The molecular formula is C10H11BrN2S2. The highest BCUT2D eigenvalue weighted by Crippen LogP contribution is 2.33. The van der Waals surface area contributed by atoms with E-state index in [-0.39, 0.29) is 0 Å². The van der Waals surface area contributed by atoms with Gasteiger partial charge in [-0.25, -0.2) is 4.98 Å². The number of aromatic nitrogens is 1. The van der Waals surface area contributed by atoms with Crippen molar-refractivity contribution >= 4 is 38.6 Å².